The van der Waals surface area contributed by atoms with Gasteiger partial charge in [0.2, 0.25) is 6.23 Å². The van der Waals surface area contributed by atoms with Gasteiger partial charge < -0.3 is 20.1 Å². The molecule has 0 saturated carbocycles. The van der Waals surface area contributed by atoms with Crippen LogP contribution in [0.3, 0.4) is 0 Å². The molecule has 1 aliphatic heterocycles. The van der Waals surface area contributed by atoms with E-state index in [0.717, 1.165) is 10.9 Å². The van der Waals surface area contributed by atoms with E-state index in [1.54, 1.807) is 0 Å². The molecule has 1 fully saturated rings. The SMILES string of the molecule is O=c1[nH]c[n+]([C@@H]2O[C@H](CO)[C@@H](O)[C@H]2O)c(=O)[nH]1. The largest absolute Gasteiger partial charge is 0.448 e. The number of nitrogens with zero attached hydrogens (tertiary/aromatic N) is 1. The summed E-state index contributed by atoms with van der Waals surface area (Å²) in [5.41, 5.74) is -1.48. The molecule has 4 atom stereocenters. The zero-order valence-electron chi connectivity index (χ0n) is 8.61. The van der Waals surface area contributed by atoms with Crippen LogP contribution >= 0.6 is 0 Å². The molecule has 2 heterocycles. The van der Waals surface area contributed by atoms with Crippen LogP contribution in [0.5, 0.6) is 0 Å². The van der Waals surface area contributed by atoms with Crippen LogP contribution in [0.1, 0.15) is 6.23 Å². The van der Waals surface area contributed by atoms with Crippen LogP contribution in [0.25, 0.3) is 0 Å². The molecule has 0 radical (unpaired) electrons. The minimum absolute atomic E-state index is 0.490. The molecule has 1 aromatic rings. The molecule has 1 aromatic heterocycles. The maximum absolute atomic E-state index is 11.4. The quantitative estimate of drug-likeness (QED) is 0.337. The van der Waals surface area contributed by atoms with Crippen LogP contribution in [0, 0.1) is 0 Å². The van der Waals surface area contributed by atoms with E-state index in [0.29, 0.717) is 0 Å². The number of nitrogens with one attached hydrogen (secondary N) is 2. The number of hydrogen-bond acceptors (Lipinski definition) is 6. The van der Waals surface area contributed by atoms with Gasteiger partial charge in [-0.25, -0.2) is 14.6 Å². The normalized spacial score (nSPS) is 32.9. The average Bonchev–Trinajstić information content (AvgIpc) is 2.57. The van der Waals surface area contributed by atoms with Crippen LogP contribution in [0.4, 0.5) is 0 Å². The standard InChI is InChI=1S/C8H11N3O6/c12-1-3-4(13)5(14)6(17-3)11-2-9-7(15)10-8(11)16/h2-6,12-14H,1H2,(H,10,15,16)/p+1/t3-,4-,5-,6-/m1/s1. The molecule has 0 spiro atoms. The number of rotatable bonds is 2. The van der Waals surface area contributed by atoms with Crippen molar-refractivity contribution in [1.29, 1.82) is 0 Å². The Kier molecular flexibility index (Phi) is 3.07. The van der Waals surface area contributed by atoms with Gasteiger partial charge in [-0.2, -0.15) is 9.55 Å². The second-order valence-corrected chi connectivity index (χ2v) is 3.67. The van der Waals surface area contributed by atoms with Crippen LogP contribution in [-0.4, -0.2) is 50.2 Å². The van der Waals surface area contributed by atoms with Gasteiger partial charge in [0.05, 0.1) is 6.61 Å². The van der Waals surface area contributed by atoms with Crippen molar-refractivity contribution in [1.82, 2.24) is 9.97 Å². The Hall–Kier alpha value is -1.55. The fraction of sp³-hybridized carbons (Fsp3) is 0.625. The highest BCUT2D eigenvalue weighted by Crippen LogP contribution is 2.24. The van der Waals surface area contributed by atoms with Gasteiger partial charge in [-0.15, -0.1) is 0 Å². The molecule has 1 saturated heterocycles. The average molecular weight is 246 g/mol. The number of aliphatic hydroxyl groups is 3. The fourth-order valence-electron chi connectivity index (χ4n) is 1.68. The van der Waals surface area contributed by atoms with Crippen molar-refractivity contribution in [3.8, 4) is 0 Å². The lowest BCUT2D eigenvalue weighted by Gasteiger charge is -2.11. The molecular weight excluding hydrogens is 234 g/mol. The van der Waals surface area contributed by atoms with Crippen molar-refractivity contribution in [2.24, 2.45) is 0 Å². The predicted molar refractivity (Wildman–Crippen MR) is 50.9 cm³/mol. The minimum Gasteiger partial charge on any atom is -0.394 e. The number of aromatic nitrogens is 3. The van der Waals surface area contributed by atoms with Crippen molar-refractivity contribution in [3.05, 3.63) is 27.3 Å². The monoisotopic (exact) mass is 246 g/mol. The van der Waals surface area contributed by atoms with Crippen molar-refractivity contribution in [3.63, 3.8) is 0 Å². The highest BCUT2D eigenvalue weighted by molar-refractivity contribution is 4.83. The first-order valence-electron chi connectivity index (χ1n) is 4.90. The number of ether oxygens (including phenoxy) is 1. The summed E-state index contributed by atoms with van der Waals surface area (Å²) < 4.78 is 6.01. The zero-order chi connectivity index (χ0) is 12.6. The summed E-state index contributed by atoms with van der Waals surface area (Å²) in [7, 11) is 0. The summed E-state index contributed by atoms with van der Waals surface area (Å²) in [6.45, 7) is -0.490. The third-order valence-corrected chi connectivity index (χ3v) is 2.58. The van der Waals surface area contributed by atoms with E-state index in [1.807, 2.05) is 4.98 Å². The zero-order valence-corrected chi connectivity index (χ0v) is 8.61. The maximum atomic E-state index is 11.4. The Morgan fingerprint density at radius 2 is 2.06 bits per heavy atom. The summed E-state index contributed by atoms with van der Waals surface area (Å²) in [5, 5.41) is 28.0. The molecule has 0 amide bonds. The number of aromatic amines is 2. The summed E-state index contributed by atoms with van der Waals surface area (Å²) in [5.74, 6) is 0. The summed E-state index contributed by atoms with van der Waals surface area (Å²) >= 11 is 0. The molecular formula is C8H12N3O6+. The predicted octanol–water partition coefficient (Wildman–Crippen LogP) is -4.04. The van der Waals surface area contributed by atoms with Crippen LogP contribution in [-0.2, 0) is 4.74 Å². The molecule has 0 bridgehead atoms. The molecule has 2 rings (SSSR count). The molecule has 94 valence electrons. The third kappa shape index (κ3) is 2.00. The summed E-state index contributed by atoms with van der Waals surface area (Å²) in [6, 6.07) is 0. The van der Waals surface area contributed by atoms with Crippen molar-refractivity contribution < 1.29 is 24.6 Å². The van der Waals surface area contributed by atoms with Crippen LogP contribution < -0.4 is 15.9 Å². The van der Waals surface area contributed by atoms with Gasteiger partial charge in [-0.3, -0.25) is 0 Å². The summed E-state index contributed by atoms with van der Waals surface area (Å²) in [6.07, 6.45) is -3.79. The van der Waals surface area contributed by atoms with E-state index in [9.17, 15) is 19.8 Å². The minimum atomic E-state index is -1.37. The lowest BCUT2D eigenvalue weighted by molar-refractivity contribution is -0.782. The lowest BCUT2D eigenvalue weighted by Crippen LogP contribution is -2.60. The molecule has 0 unspecified atom stereocenters. The lowest BCUT2D eigenvalue weighted by atomic mass is 10.1. The van der Waals surface area contributed by atoms with Crippen molar-refractivity contribution >= 4 is 0 Å². The molecule has 9 heteroatoms. The first-order chi connectivity index (χ1) is 8.04. The molecule has 5 N–H and O–H groups in total. The van der Waals surface area contributed by atoms with Gasteiger partial charge >= 0.3 is 11.4 Å². The van der Waals surface area contributed by atoms with E-state index in [4.69, 9.17) is 9.84 Å². The number of aliphatic hydroxyl groups excluding tert-OH is 3. The van der Waals surface area contributed by atoms with E-state index >= 15 is 0 Å². The Labute approximate surface area is 93.9 Å². The van der Waals surface area contributed by atoms with Gasteiger partial charge in [-0.1, -0.05) is 0 Å². The summed E-state index contributed by atoms with van der Waals surface area (Å²) in [4.78, 5) is 26.4. The van der Waals surface area contributed by atoms with Gasteiger partial charge in [0.15, 0.2) is 6.33 Å². The first kappa shape index (κ1) is 11.9. The second kappa shape index (κ2) is 4.37. The first-order valence-corrected chi connectivity index (χ1v) is 4.90. The van der Waals surface area contributed by atoms with Gasteiger partial charge in [0, 0.05) is 0 Å². The van der Waals surface area contributed by atoms with Crippen molar-refractivity contribution in [2.45, 2.75) is 24.5 Å². The third-order valence-electron chi connectivity index (χ3n) is 2.58. The number of hydrogen-bond donors (Lipinski definition) is 5. The Morgan fingerprint density at radius 3 is 2.59 bits per heavy atom. The van der Waals surface area contributed by atoms with E-state index < -0.39 is 42.5 Å². The second-order valence-electron chi connectivity index (χ2n) is 3.67. The highest BCUT2D eigenvalue weighted by Gasteiger charge is 2.45. The van der Waals surface area contributed by atoms with Crippen molar-refractivity contribution in [2.75, 3.05) is 6.61 Å². The van der Waals surface area contributed by atoms with E-state index in [-0.39, 0.29) is 0 Å². The van der Waals surface area contributed by atoms with Gasteiger partial charge in [0.1, 0.15) is 18.3 Å². The molecule has 17 heavy (non-hydrogen) atoms. The van der Waals surface area contributed by atoms with Gasteiger partial charge in [-0.05, 0) is 0 Å². The Balaban J connectivity index is 2.35. The Bertz CT molecular complexity index is 510. The van der Waals surface area contributed by atoms with Gasteiger partial charge in [0.25, 0.3) is 0 Å². The molecule has 1 aliphatic rings. The maximum Gasteiger partial charge on any atom is 0.448 e. The highest BCUT2D eigenvalue weighted by atomic mass is 16.6. The van der Waals surface area contributed by atoms with Crippen LogP contribution in [0.2, 0.25) is 0 Å². The number of H-pyrrole nitrogens is 2. The molecule has 9 nitrogen and oxygen atoms in total. The van der Waals surface area contributed by atoms with E-state index in [1.165, 1.54) is 0 Å². The van der Waals surface area contributed by atoms with Crippen LogP contribution in [0.15, 0.2) is 15.9 Å². The Morgan fingerprint density at radius 1 is 1.35 bits per heavy atom. The van der Waals surface area contributed by atoms with E-state index in [2.05, 4.69) is 4.98 Å². The smallest absolute Gasteiger partial charge is 0.394 e. The fourth-order valence-corrected chi connectivity index (χ4v) is 1.68. The molecule has 0 aliphatic carbocycles. The topological polar surface area (TPSA) is 140 Å². The molecule has 0 aromatic carbocycles.